The Morgan fingerprint density at radius 3 is 1.85 bits per heavy atom. The first-order valence-electron chi connectivity index (χ1n) is 3.44. The molecule has 0 fully saturated rings. The Hall–Kier alpha value is 0.426. The Morgan fingerprint density at radius 2 is 1.46 bits per heavy atom. The molecule has 1 atom stereocenters. The summed E-state index contributed by atoms with van der Waals surface area (Å²) in [5.41, 5.74) is 0.968. The van der Waals surface area contributed by atoms with Crippen LogP contribution in [0.25, 0.3) is 0 Å². The number of hydrogen-bond donors (Lipinski definition) is 0. The molecule has 0 saturated heterocycles. The molecule has 1 aromatic carbocycles. The molecule has 2 amide bonds. The molecule has 0 N–H and O–H groups in total. The minimum Gasteiger partial charge on any atom is -1.00 e. The average Bonchev–Trinajstić information content (AvgIpc) is 2.33. The second-order valence-electron chi connectivity index (χ2n) is 2.53. The van der Waals surface area contributed by atoms with Crippen molar-refractivity contribution in [1.82, 2.24) is 4.67 Å². The number of imide groups is 1. The molecule has 1 aliphatic heterocycles. The third-order valence-corrected chi connectivity index (χ3v) is 2.29. The smallest absolute Gasteiger partial charge is 1.00 e. The second kappa shape index (κ2) is 4.30. The number of carbonyl (C=O) groups excluding carboxylic acids is 2. The van der Waals surface area contributed by atoms with Crippen LogP contribution in [0.3, 0.4) is 0 Å². The van der Waals surface area contributed by atoms with Crippen molar-refractivity contribution in [3.63, 3.8) is 0 Å². The van der Waals surface area contributed by atoms with E-state index in [0.29, 0.717) is 11.1 Å². The molecule has 1 aromatic rings. The van der Waals surface area contributed by atoms with Crippen LogP contribution in [0.1, 0.15) is 22.1 Å². The summed E-state index contributed by atoms with van der Waals surface area (Å²) in [6.07, 6.45) is 0. The van der Waals surface area contributed by atoms with E-state index in [-0.39, 0.29) is 64.6 Å². The van der Waals surface area contributed by atoms with Crippen molar-refractivity contribution >= 4 is 21.2 Å². The van der Waals surface area contributed by atoms with Crippen molar-refractivity contribution in [2.45, 2.75) is 0 Å². The van der Waals surface area contributed by atoms with E-state index >= 15 is 0 Å². The number of nitrogens with zero attached hydrogens (tertiary/aromatic N) is 1. The standard InChI is InChI=1S/C8H6NO2P.K.H/c10-7-5-3-1-2-4-6(5)8(11)9(7)12;;/h1-4H,12H2;;/q;+1;-1. The zero-order valence-electron chi connectivity index (χ0n) is 8.15. The maximum atomic E-state index is 11.3. The number of rotatable bonds is 0. The molecule has 0 bridgehead atoms. The van der Waals surface area contributed by atoms with Crippen molar-refractivity contribution in [2.75, 3.05) is 0 Å². The Bertz CT molecular complexity index is 350. The quantitative estimate of drug-likeness (QED) is 0.293. The normalized spacial score (nSPS) is 14.1. The zero-order chi connectivity index (χ0) is 8.72. The van der Waals surface area contributed by atoms with Crippen LogP contribution in [-0.4, -0.2) is 16.5 Å². The molecule has 3 nitrogen and oxygen atoms in total. The van der Waals surface area contributed by atoms with Crippen molar-refractivity contribution in [3.8, 4) is 0 Å². The maximum Gasteiger partial charge on any atom is 1.00 e. The van der Waals surface area contributed by atoms with Crippen LogP contribution in [0.5, 0.6) is 0 Å². The fraction of sp³-hybridized carbons (Fsp3) is 0. The monoisotopic (exact) mass is 219 g/mol. The van der Waals surface area contributed by atoms with Crippen LogP contribution < -0.4 is 51.4 Å². The van der Waals surface area contributed by atoms with Gasteiger partial charge in [-0.15, -0.1) is 0 Å². The van der Waals surface area contributed by atoms with Gasteiger partial charge in [-0.05, 0) is 21.5 Å². The summed E-state index contributed by atoms with van der Waals surface area (Å²) in [5.74, 6) is -0.499. The summed E-state index contributed by atoms with van der Waals surface area (Å²) in [6, 6.07) is 6.79. The molecular formula is C8H7KNO2P. The number of benzene rings is 1. The van der Waals surface area contributed by atoms with Gasteiger partial charge < -0.3 is 1.43 Å². The van der Waals surface area contributed by atoms with Gasteiger partial charge >= 0.3 is 51.4 Å². The van der Waals surface area contributed by atoms with Crippen molar-refractivity contribution in [2.24, 2.45) is 0 Å². The Balaban J connectivity index is 0.000000845. The molecule has 0 spiro atoms. The van der Waals surface area contributed by atoms with Gasteiger partial charge in [0.2, 0.25) is 0 Å². The predicted octanol–water partition coefficient (Wildman–Crippen LogP) is -1.81. The van der Waals surface area contributed by atoms with Gasteiger partial charge in [-0.2, -0.15) is 0 Å². The van der Waals surface area contributed by atoms with E-state index in [1.165, 1.54) is 0 Å². The summed E-state index contributed by atoms with van der Waals surface area (Å²) in [4.78, 5) is 22.6. The fourth-order valence-electron chi connectivity index (χ4n) is 1.21. The molecule has 5 heteroatoms. The van der Waals surface area contributed by atoms with Gasteiger partial charge in [0.1, 0.15) is 0 Å². The summed E-state index contributed by atoms with van der Waals surface area (Å²) in [7, 11) is 2.11. The minimum absolute atomic E-state index is 0. The molecule has 0 saturated carbocycles. The van der Waals surface area contributed by atoms with Crippen LogP contribution >= 0.6 is 9.39 Å². The molecule has 1 aliphatic rings. The number of fused-ring (bicyclic) bond motifs is 1. The van der Waals surface area contributed by atoms with Gasteiger partial charge in [0.05, 0.1) is 11.1 Å². The van der Waals surface area contributed by atoms with Gasteiger partial charge in [0, 0.05) is 0 Å². The van der Waals surface area contributed by atoms with Crippen molar-refractivity contribution in [1.29, 1.82) is 0 Å². The van der Waals surface area contributed by atoms with Gasteiger partial charge in [0.15, 0.2) is 0 Å². The van der Waals surface area contributed by atoms with Gasteiger partial charge in [0.25, 0.3) is 11.8 Å². The fourth-order valence-corrected chi connectivity index (χ4v) is 1.49. The first-order valence-corrected chi connectivity index (χ1v) is 3.96. The topological polar surface area (TPSA) is 37.4 Å². The van der Waals surface area contributed by atoms with Crippen LogP contribution in [0.2, 0.25) is 0 Å². The van der Waals surface area contributed by atoms with E-state index in [1.807, 2.05) is 0 Å². The van der Waals surface area contributed by atoms with Crippen molar-refractivity contribution in [3.05, 3.63) is 35.4 Å². The molecular weight excluding hydrogens is 212 g/mol. The molecule has 0 aliphatic carbocycles. The van der Waals surface area contributed by atoms with E-state index in [2.05, 4.69) is 9.39 Å². The van der Waals surface area contributed by atoms with Gasteiger partial charge in [-0.25, -0.2) is 0 Å². The third kappa shape index (κ3) is 1.80. The Kier molecular flexibility index (Phi) is 3.80. The molecule has 0 aromatic heterocycles. The summed E-state index contributed by atoms with van der Waals surface area (Å²) in [6.45, 7) is 0. The Labute approximate surface area is 122 Å². The molecule has 0 radical (unpaired) electrons. The first-order chi connectivity index (χ1) is 5.72. The van der Waals surface area contributed by atoms with Gasteiger partial charge in [-0.3, -0.25) is 14.3 Å². The minimum atomic E-state index is -0.249. The predicted molar refractivity (Wildman–Crippen MR) is 47.8 cm³/mol. The maximum absolute atomic E-state index is 11.3. The SMILES string of the molecule is O=C1c2ccccc2C(=O)N1P.[H-].[K+]. The molecule has 62 valence electrons. The van der Waals surface area contributed by atoms with E-state index in [0.717, 1.165) is 4.67 Å². The third-order valence-electron chi connectivity index (χ3n) is 1.83. The van der Waals surface area contributed by atoms with Crippen LogP contribution in [0, 0.1) is 0 Å². The first kappa shape index (κ1) is 11.5. The largest absolute Gasteiger partial charge is 1.00 e. The molecule has 13 heavy (non-hydrogen) atoms. The summed E-state index contributed by atoms with van der Waals surface area (Å²) >= 11 is 0. The second-order valence-corrected chi connectivity index (χ2v) is 3.04. The zero-order valence-corrected chi connectivity index (χ0v) is 11.4. The average molecular weight is 219 g/mol. The van der Waals surface area contributed by atoms with Gasteiger partial charge in [-0.1, -0.05) is 12.1 Å². The number of carbonyl (C=O) groups is 2. The van der Waals surface area contributed by atoms with Crippen LogP contribution in [-0.2, 0) is 0 Å². The number of hydrogen-bond acceptors (Lipinski definition) is 2. The van der Waals surface area contributed by atoms with Crippen LogP contribution in [0.4, 0.5) is 0 Å². The van der Waals surface area contributed by atoms with E-state index < -0.39 is 0 Å². The summed E-state index contributed by atoms with van der Waals surface area (Å²) < 4.78 is 1.05. The molecule has 1 heterocycles. The van der Waals surface area contributed by atoms with Crippen LogP contribution in [0.15, 0.2) is 24.3 Å². The Morgan fingerprint density at radius 1 is 1.08 bits per heavy atom. The number of amides is 2. The van der Waals surface area contributed by atoms with E-state index in [1.54, 1.807) is 24.3 Å². The molecule has 2 rings (SSSR count). The summed E-state index contributed by atoms with van der Waals surface area (Å²) in [5, 5.41) is 0. The van der Waals surface area contributed by atoms with E-state index in [4.69, 9.17) is 0 Å². The van der Waals surface area contributed by atoms with Crippen molar-refractivity contribution < 1.29 is 62.4 Å². The molecule has 1 unspecified atom stereocenters. The van der Waals surface area contributed by atoms with E-state index in [9.17, 15) is 9.59 Å².